The molecule has 2 aliphatic rings. The van der Waals surface area contributed by atoms with Crippen LogP contribution in [-0.2, 0) is 21.5 Å². The van der Waals surface area contributed by atoms with Gasteiger partial charge in [0.2, 0.25) is 5.88 Å². The quantitative estimate of drug-likeness (QED) is 0.480. The maximum absolute atomic E-state index is 13.9. The predicted octanol–water partition coefficient (Wildman–Crippen LogP) is 5.13. The number of carboxylic acids is 1. The molecule has 1 aromatic heterocycles. The molecule has 7 nitrogen and oxygen atoms in total. The van der Waals surface area contributed by atoms with E-state index in [1.807, 2.05) is 12.1 Å². The maximum atomic E-state index is 13.9. The first-order chi connectivity index (χ1) is 17.8. The Morgan fingerprint density at radius 3 is 2.43 bits per heavy atom. The molecule has 0 saturated carbocycles. The summed E-state index contributed by atoms with van der Waals surface area (Å²) in [6.07, 6.45) is 2.33. The molecule has 0 spiro atoms. The van der Waals surface area contributed by atoms with Gasteiger partial charge >= 0.3 is 5.97 Å². The van der Waals surface area contributed by atoms with Crippen molar-refractivity contribution in [2.75, 3.05) is 33.4 Å². The van der Waals surface area contributed by atoms with Crippen molar-refractivity contribution in [1.82, 2.24) is 9.47 Å². The topological polar surface area (TPSA) is 81.0 Å². The van der Waals surface area contributed by atoms with Crippen molar-refractivity contribution in [3.05, 3.63) is 64.4 Å². The summed E-state index contributed by atoms with van der Waals surface area (Å²) in [6, 6.07) is 11.1. The van der Waals surface area contributed by atoms with Gasteiger partial charge in [-0.25, -0.2) is 4.39 Å². The number of aromatic nitrogens is 1. The molecule has 0 bridgehead atoms. The number of hydrogen-bond acceptors (Lipinski definition) is 4. The van der Waals surface area contributed by atoms with E-state index in [1.54, 1.807) is 18.1 Å². The van der Waals surface area contributed by atoms with Crippen LogP contribution in [0.25, 0.3) is 10.9 Å². The number of nitrogens with zero attached hydrogens (tertiary/aromatic N) is 2. The molecule has 0 unspecified atom stereocenters. The van der Waals surface area contributed by atoms with E-state index in [2.05, 4.69) is 4.57 Å². The summed E-state index contributed by atoms with van der Waals surface area (Å²) < 4.78 is 26.9. The van der Waals surface area contributed by atoms with Gasteiger partial charge in [0.05, 0.1) is 18.0 Å². The summed E-state index contributed by atoms with van der Waals surface area (Å²) in [6.45, 7) is 2.64. The average Bonchev–Trinajstić information content (AvgIpc) is 3.21. The van der Waals surface area contributed by atoms with Crippen LogP contribution in [0.3, 0.4) is 0 Å². The monoisotopic (exact) mass is 528 g/mol. The molecule has 2 saturated heterocycles. The lowest BCUT2D eigenvalue weighted by molar-refractivity contribution is -0.145. The van der Waals surface area contributed by atoms with E-state index < -0.39 is 17.2 Å². The van der Waals surface area contributed by atoms with Crippen molar-refractivity contribution in [2.24, 2.45) is 5.92 Å². The summed E-state index contributed by atoms with van der Waals surface area (Å²) >= 11 is 6.35. The van der Waals surface area contributed by atoms with Crippen molar-refractivity contribution in [2.45, 2.75) is 37.6 Å². The molecule has 0 atom stereocenters. The molecule has 5 rings (SSSR count). The Morgan fingerprint density at radius 2 is 1.81 bits per heavy atom. The standard InChI is InChI=1S/C28H30ClFN2O5/c1-36-26-24(22-16-20(29)4-7-23(22)32(26)17-18-8-14-37-15-9-18)25(33)31-12-10-28(11-13-31,27(34)35)19-2-5-21(30)6-3-19/h2-7,16,18H,8-15,17H2,1H3,(H,34,35). The largest absolute Gasteiger partial charge is 0.482 e. The van der Waals surface area contributed by atoms with Gasteiger partial charge in [0, 0.05) is 43.3 Å². The van der Waals surface area contributed by atoms with Crippen molar-refractivity contribution in [1.29, 1.82) is 0 Å². The van der Waals surface area contributed by atoms with E-state index in [0.717, 1.165) is 37.0 Å². The van der Waals surface area contributed by atoms with Crippen LogP contribution < -0.4 is 4.74 Å². The van der Waals surface area contributed by atoms with Gasteiger partial charge in [0.1, 0.15) is 11.4 Å². The number of fused-ring (bicyclic) bond motifs is 1. The first-order valence-electron chi connectivity index (χ1n) is 12.6. The molecular formula is C28H30ClFN2O5. The third-order valence-corrected chi connectivity index (χ3v) is 8.11. The molecule has 2 aromatic carbocycles. The summed E-state index contributed by atoms with van der Waals surface area (Å²) in [5.41, 5.74) is 0.691. The number of aliphatic carboxylic acids is 1. The zero-order chi connectivity index (χ0) is 26.2. The highest BCUT2D eigenvalue weighted by molar-refractivity contribution is 6.31. The number of carbonyl (C=O) groups is 2. The van der Waals surface area contributed by atoms with Crippen LogP contribution in [0.2, 0.25) is 5.02 Å². The number of methoxy groups -OCH3 is 1. The Balaban J connectivity index is 1.47. The lowest BCUT2D eigenvalue weighted by Gasteiger charge is -2.39. The Labute approximate surface area is 219 Å². The zero-order valence-electron chi connectivity index (χ0n) is 20.7. The molecule has 1 amide bonds. The number of amides is 1. The molecule has 3 heterocycles. The predicted molar refractivity (Wildman–Crippen MR) is 138 cm³/mol. The lowest BCUT2D eigenvalue weighted by Crippen LogP contribution is -2.49. The maximum Gasteiger partial charge on any atom is 0.314 e. The number of halogens is 2. The number of likely N-dealkylation sites (tertiary alicyclic amines) is 1. The molecule has 9 heteroatoms. The van der Waals surface area contributed by atoms with E-state index in [0.29, 0.717) is 34.5 Å². The lowest BCUT2D eigenvalue weighted by atomic mass is 9.72. The van der Waals surface area contributed by atoms with Crippen LogP contribution in [0, 0.1) is 11.7 Å². The first kappa shape index (κ1) is 25.5. The Morgan fingerprint density at radius 1 is 1.14 bits per heavy atom. The molecule has 0 radical (unpaired) electrons. The van der Waals surface area contributed by atoms with Gasteiger partial charge in [-0.3, -0.25) is 9.59 Å². The number of hydrogen-bond donors (Lipinski definition) is 1. The second-order valence-electron chi connectivity index (χ2n) is 9.90. The fourth-order valence-corrected chi connectivity index (χ4v) is 5.91. The van der Waals surface area contributed by atoms with Crippen molar-refractivity contribution in [3.8, 4) is 5.88 Å². The smallest absolute Gasteiger partial charge is 0.314 e. The molecule has 2 aliphatic heterocycles. The molecule has 2 fully saturated rings. The van der Waals surface area contributed by atoms with Gasteiger partial charge in [-0.2, -0.15) is 0 Å². The van der Waals surface area contributed by atoms with Crippen LogP contribution in [-0.4, -0.2) is 59.9 Å². The number of piperidine rings is 1. The van der Waals surface area contributed by atoms with Crippen LogP contribution in [0.1, 0.15) is 41.6 Å². The fourth-order valence-electron chi connectivity index (χ4n) is 5.74. The first-order valence-corrected chi connectivity index (χ1v) is 12.9. The number of rotatable bonds is 6. The number of carbonyl (C=O) groups excluding carboxylic acids is 1. The van der Waals surface area contributed by atoms with Crippen LogP contribution >= 0.6 is 11.6 Å². The number of benzene rings is 2. The van der Waals surface area contributed by atoms with Crippen LogP contribution in [0.4, 0.5) is 4.39 Å². The van der Waals surface area contributed by atoms with E-state index in [9.17, 15) is 19.1 Å². The molecule has 0 aliphatic carbocycles. The van der Waals surface area contributed by atoms with Crippen molar-refractivity contribution >= 4 is 34.4 Å². The van der Waals surface area contributed by atoms with E-state index in [-0.39, 0.29) is 31.8 Å². The Bertz CT molecular complexity index is 1310. The third kappa shape index (κ3) is 4.68. The van der Waals surface area contributed by atoms with Gasteiger partial charge in [0.15, 0.2) is 0 Å². The summed E-state index contributed by atoms with van der Waals surface area (Å²) in [7, 11) is 1.56. The van der Waals surface area contributed by atoms with Crippen molar-refractivity contribution < 1.29 is 28.6 Å². The summed E-state index contributed by atoms with van der Waals surface area (Å²) in [4.78, 5) is 28.0. The second kappa shape index (κ2) is 10.3. The van der Waals surface area contributed by atoms with Gasteiger partial charge in [-0.15, -0.1) is 0 Å². The summed E-state index contributed by atoms with van der Waals surface area (Å²) in [5, 5.41) is 11.4. The second-order valence-corrected chi connectivity index (χ2v) is 10.3. The normalized spacial score (nSPS) is 18.2. The minimum atomic E-state index is -1.17. The number of ether oxygens (including phenoxy) is 2. The SMILES string of the molecule is COc1c(C(=O)N2CCC(C(=O)O)(c3ccc(F)cc3)CC2)c2cc(Cl)ccc2n1CC1CCOCC1. The minimum Gasteiger partial charge on any atom is -0.482 e. The highest BCUT2D eigenvalue weighted by Gasteiger charge is 2.44. The zero-order valence-corrected chi connectivity index (χ0v) is 21.5. The van der Waals surface area contributed by atoms with Gasteiger partial charge in [-0.05, 0) is 67.5 Å². The Kier molecular flexibility index (Phi) is 7.14. The van der Waals surface area contributed by atoms with Crippen LogP contribution in [0.15, 0.2) is 42.5 Å². The molecule has 196 valence electrons. The third-order valence-electron chi connectivity index (χ3n) is 7.88. The number of carboxylic acid groups (broad SMARTS) is 1. The Hall–Kier alpha value is -3.10. The van der Waals surface area contributed by atoms with Gasteiger partial charge < -0.3 is 24.0 Å². The van der Waals surface area contributed by atoms with Gasteiger partial charge in [0.25, 0.3) is 5.91 Å². The van der Waals surface area contributed by atoms with E-state index >= 15 is 0 Å². The fraction of sp³-hybridized carbons (Fsp3) is 0.429. The van der Waals surface area contributed by atoms with Gasteiger partial charge in [-0.1, -0.05) is 23.7 Å². The highest BCUT2D eigenvalue weighted by Crippen LogP contribution is 2.40. The molecule has 1 N–H and O–H groups in total. The van der Waals surface area contributed by atoms with E-state index in [1.165, 1.54) is 24.3 Å². The molecule has 3 aromatic rings. The summed E-state index contributed by atoms with van der Waals surface area (Å²) in [5.74, 6) is -0.711. The van der Waals surface area contributed by atoms with Crippen molar-refractivity contribution in [3.63, 3.8) is 0 Å². The molecular weight excluding hydrogens is 499 g/mol. The van der Waals surface area contributed by atoms with E-state index in [4.69, 9.17) is 21.1 Å². The minimum absolute atomic E-state index is 0.215. The average molecular weight is 529 g/mol. The molecule has 37 heavy (non-hydrogen) atoms. The highest BCUT2D eigenvalue weighted by atomic mass is 35.5. The van der Waals surface area contributed by atoms with Crippen LogP contribution in [0.5, 0.6) is 5.88 Å².